The zero-order chi connectivity index (χ0) is 14.4. The molecule has 1 heterocycles. The van der Waals surface area contributed by atoms with Crippen molar-refractivity contribution in [3.05, 3.63) is 35.0 Å². The van der Waals surface area contributed by atoms with Crippen molar-refractivity contribution in [3.63, 3.8) is 0 Å². The number of aliphatic hydroxyl groups excluding tert-OH is 1. The summed E-state index contributed by atoms with van der Waals surface area (Å²) in [4.78, 5) is 0. The summed E-state index contributed by atoms with van der Waals surface area (Å²) < 4.78 is 5.67. The molecule has 0 aliphatic carbocycles. The Morgan fingerprint density at radius 1 is 1.10 bits per heavy atom. The van der Waals surface area contributed by atoms with Crippen molar-refractivity contribution >= 4 is 22.6 Å². The van der Waals surface area contributed by atoms with Gasteiger partial charge in [0.25, 0.3) is 0 Å². The summed E-state index contributed by atoms with van der Waals surface area (Å²) in [5.41, 5.74) is 0.784. The van der Waals surface area contributed by atoms with Gasteiger partial charge in [-0.25, -0.2) is 0 Å². The average Bonchev–Trinajstić information content (AvgIpc) is 2.85. The van der Waals surface area contributed by atoms with E-state index in [4.69, 9.17) is 16.0 Å². The molecule has 0 fully saturated rings. The third-order valence-electron chi connectivity index (χ3n) is 3.66. The summed E-state index contributed by atoms with van der Waals surface area (Å²) in [6.45, 7) is 2.22. The first kappa shape index (κ1) is 15.4. The van der Waals surface area contributed by atoms with Crippen LogP contribution in [0, 0.1) is 0 Å². The van der Waals surface area contributed by atoms with E-state index in [1.807, 2.05) is 18.2 Å². The van der Waals surface area contributed by atoms with Crippen molar-refractivity contribution in [2.24, 2.45) is 0 Å². The maximum absolute atomic E-state index is 10.2. The van der Waals surface area contributed by atoms with Gasteiger partial charge in [0.05, 0.1) is 0 Å². The number of fused-ring (bicyclic) bond motifs is 1. The van der Waals surface area contributed by atoms with E-state index in [2.05, 4.69) is 6.92 Å². The van der Waals surface area contributed by atoms with Gasteiger partial charge >= 0.3 is 0 Å². The van der Waals surface area contributed by atoms with E-state index in [-0.39, 0.29) is 0 Å². The second kappa shape index (κ2) is 7.70. The zero-order valence-electron chi connectivity index (χ0n) is 12.1. The molecule has 0 aliphatic heterocycles. The minimum atomic E-state index is -0.507. The van der Waals surface area contributed by atoms with Crippen LogP contribution < -0.4 is 0 Å². The van der Waals surface area contributed by atoms with E-state index in [0.29, 0.717) is 10.8 Å². The van der Waals surface area contributed by atoms with Crippen LogP contribution in [0.4, 0.5) is 0 Å². The summed E-state index contributed by atoms with van der Waals surface area (Å²) in [5.74, 6) is 0.649. The van der Waals surface area contributed by atoms with Gasteiger partial charge in [-0.05, 0) is 30.7 Å². The van der Waals surface area contributed by atoms with Crippen molar-refractivity contribution in [3.8, 4) is 0 Å². The summed E-state index contributed by atoms with van der Waals surface area (Å²) in [7, 11) is 0. The van der Waals surface area contributed by atoms with E-state index in [1.165, 1.54) is 32.1 Å². The quantitative estimate of drug-likeness (QED) is 0.618. The van der Waals surface area contributed by atoms with Gasteiger partial charge in [0.15, 0.2) is 0 Å². The van der Waals surface area contributed by atoms with E-state index >= 15 is 0 Å². The summed E-state index contributed by atoms with van der Waals surface area (Å²) in [6.07, 6.45) is 7.63. The first-order chi connectivity index (χ1) is 9.70. The molecule has 0 bridgehead atoms. The Balaban J connectivity index is 1.83. The summed E-state index contributed by atoms with van der Waals surface area (Å²) in [6, 6.07) is 7.40. The lowest BCUT2D eigenvalue weighted by Gasteiger charge is -2.07. The number of furan rings is 1. The standard InChI is InChI=1S/C17H23ClO2/c1-2-3-4-5-6-7-8-15(19)17-12-13-11-14(18)9-10-16(13)20-17/h9-12,15,19H,2-8H2,1H3. The Bertz CT molecular complexity index is 533. The molecule has 0 spiro atoms. The Labute approximate surface area is 125 Å². The molecule has 0 saturated heterocycles. The highest BCUT2D eigenvalue weighted by Crippen LogP contribution is 2.28. The average molecular weight is 295 g/mol. The molecule has 1 unspecified atom stereocenters. The first-order valence-electron chi connectivity index (χ1n) is 7.57. The maximum atomic E-state index is 10.2. The smallest absolute Gasteiger partial charge is 0.134 e. The van der Waals surface area contributed by atoms with Crippen molar-refractivity contribution < 1.29 is 9.52 Å². The fraction of sp³-hybridized carbons (Fsp3) is 0.529. The molecular weight excluding hydrogens is 272 g/mol. The fourth-order valence-corrected chi connectivity index (χ4v) is 2.64. The normalized spacial score (nSPS) is 12.9. The van der Waals surface area contributed by atoms with E-state index in [0.717, 1.165) is 23.8 Å². The van der Waals surface area contributed by atoms with Gasteiger partial charge in [0.2, 0.25) is 0 Å². The largest absolute Gasteiger partial charge is 0.458 e. The van der Waals surface area contributed by atoms with Crippen molar-refractivity contribution in [2.45, 2.75) is 58.0 Å². The number of halogens is 1. The molecule has 3 heteroatoms. The van der Waals surface area contributed by atoms with Crippen LogP contribution >= 0.6 is 11.6 Å². The second-order valence-electron chi connectivity index (χ2n) is 5.40. The third-order valence-corrected chi connectivity index (χ3v) is 3.89. The number of benzene rings is 1. The second-order valence-corrected chi connectivity index (χ2v) is 5.84. The van der Waals surface area contributed by atoms with Gasteiger partial charge in [0.1, 0.15) is 17.4 Å². The predicted octanol–water partition coefficient (Wildman–Crippen LogP) is 5.87. The topological polar surface area (TPSA) is 33.4 Å². The molecule has 0 radical (unpaired) electrons. The van der Waals surface area contributed by atoms with E-state index in [9.17, 15) is 5.11 Å². The molecule has 110 valence electrons. The van der Waals surface area contributed by atoms with Crippen molar-refractivity contribution in [1.82, 2.24) is 0 Å². The lowest BCUT2D eigenvalue weighted by molar-refractivity contribution is 0.139. The molecular formula is C17H23ClO2. The summed E-state index contributed by atoms with van der Waals surface area (Å²) in [5, 5.41) is 11.8. The van der Waals surface area contributed by atoms with Crippen LogP contribution in [-0.2, 0) is 0 Å². The number of aliphatic hydroxyl groups is 1. The van der Waals surface area contributed by atoms with Gasteiger partial charge in [-0.1, -0.05) is 57.0 Å². The molecule has 1 aromatic carbocycles. The van der Waals surface area contributed by atoms with Gasteiger partial charge in [-0.15, -0.1) is 0 Å². The highest BCUT2D eigenvalue weighted by Gasteiger charge is 2.13. The molecule has 2 rings (SSSR count). The Kier molecular flexibility index (Phi) is 5.93. The number of hydrogen-bond acceptors (Lipinski definition) is 2. The SMILES string of the molecule is CCCCCCCCC(O)c1cc2cc(Cl)ccc2o1. The number of rotatable bonds is 8. The zero-order valence-corrected chi connectivity index (χ0v) is 12.8. The van der Waals surface area contributed by atoms with E-state index in [1.54, 1.807) is 6.07 Å². The molecule has 0 saturated carbocycles. The van der Waals surface area contributed by atoms with Crippen LogP contribution in [0.3, 0.4) is 0 Å². The highest BCUT2D eigenvalue weighted by molar-refractivity contribution is 6.31. The minimum Gasteiger partial charge on any atom is -0.458 e. The van der Waals surface area contributed by atoms with Crippen molar-refractivity contribution in [1.29, 1.82) is 0 Å². The number of hydrogen-bond donors (Lipinski definition) is 1. The molecule has 20 heavy (non-hydrogen) atoms. The monoisotopic (exact) mass is 294 g/mol. The van der Waals surface area contributed by atoms with Crippen LogP contribution in [0.5, 0.6) is 0 Å². The predicted molar refractivity (Wildman–Crippen MR) is 84.2 cm³/mol. The van der Waals surface area contributed by atoms with Gasteiger partial charge in [-0.3, -0.25) is 0 Å². The Morgan fingerprint density at radius 2 is 1.85 bits per heavy atom. The highest BCUT2D eigenvalue weighted by atomic mass is 35.5. The molecule has 1 N–H and O–H groups in total. The van der Waals surface area contributed by atoms with Crippen molar-refractivity contribution in [2.75, 3.05) is 0 Å². The lowest BCUT2D eigenvalue weighted by Crippen LogP contribution is -1.95. The fourth-order valence-electron chi connectivity index (χ4n) is 2.46. The minimum absolute atomic E-state index is 0.507. The van der Waals surface area contributed by atoms with E-state index < -0.39 is 6.10 Å². The Hall–Kier alpha value is -0.990. The molecule has 1 aromatic heterocycles. The Morgan fingerprint density at radius 3 is 2.65 bits per heavy atom. The van der Waals surface area contributed by atoms with Gasteiger partial charge in [-0.2, -0.15) is 0 Å². The number of unbranched alkanes of at least 4 members (excludes halogenated alkanes) is 5. The van der Waals surface area contributed by atoms with Crippen LogP contribution in [0.15, 0.2) is 28.7 Å². The van der Waals surface area contributed by atoms with Crippen LogP contribution in [0.2, 0.25) is 5.02 Å². The lowest BCUT2D eigenvalue weighted by atomic mass is 10.1. The molecule has 1 atom stereocenters. The molecule has 0 aliphatic rings. The van der Waals surface area contributed by atoms with Crippen LogP contribution in [0.25, 0.3) is 11.0 Å². The van der Waals surface area contributed by atoms with Crippen LogP contribution in [0.1, 0.15) is 63.7 Å². The van der Waals surface area contributed by atoms with Gasteiger partial charge in [0, 0.05) is 10.4 Å². The third kappa shape index (κ3) is 4.26. The van der Waals surface area contributed by atoms with Gasteiger partial charge < -0.3 is 9.52 Å². The molecule has 0 amide bonds. The first-order valence-corrected chi connectivity index (χ1v) is 7.95. The van der Waals surface area contributed by atoms with Crippen LogP contribution in [-0.4, -0.2) is 5.11 Å². The maximum Gasteiger partial charge on any atom is 0.134 e. The summed E-state index contributed by atoms with van der Waals surface area (Å²) >= 11 is 5.95. The molecule has 2 nitrogen and oxygen atoms in total. The molecule has 2 aromatic rings.